The summed E-state index contributed by atoms with van der Waals surface area (Å²) in [4.78, 5) is 0. The number of hydrogen-bond acceptors (Lipinski definition) is 4. The molecule has 0 saturated carbocycles. The first kappa shape index (κ1) is 11.8. The number of nitrogens with one attached hydrogen (secondary N) is 1. The topological polar surface area (TPSA) is 54.3 Å². The van der Waals surface area contributed by atoms with Gasteiger partial charge in [-0.1, -0.05) is 6.07 Å². The van der Waals surface area contributed by atoms with Crippen LogP contribution < -0.4 is 10.1 Å². The molecule has 1 fully saturated rings. The summed E-state index contributed by atoms with van der Waals surface area (Å²) < 4.78 is 24.1. The lowest BCUT2D eigenvalue weighted by Crippen LogP contribution is -2.41. The van der Waals surface area contributed by atoms with Crippen LogP contribution in [0.5, 0.6) is 5.75 Å². The van der Waals surface area contributed by atoms with E-state index in [2.05, 4.69) is 5.32 Å². The van der Waals surface area contributed by atoms with E-state index in [0.717, 1.165) is 6.54 Å². The molecule has 1 N–H and O–H groups in total. The number of ether oxygens (including phenoxy) is 2. The lowest BCUT2D eigenvalue weighted by Gasteiger charge is -2.23. The molecule has 1 heterocycles. The van der Waals surface area contributed by atoms with Crippen LogP contribution in [0.25, 0.3) is 0 Å². The molecule has 4 nitrogen and oxygen atoms in total. The molecule has 2 rings (SSSR count). The second kappa shape index (κ2) is 5.62. The highest BCUT2D eigenvalue weighted by molar-refractivity contribution is 5.43. The Morgan fingerprint density at radius 3 is 3.18 bits per heavy atom. The largest absolute Gasteiger partial charge is 0.489 e. The van der Waals surface area contributed by atoms with Crippen LogP contribution in [0.15, 0.2) is 18.2 Å². The van der Waals surface area contributed by atoms with Crippen molar-refractivity contribution in [3.8, 4) is 11.8 Å². The van der Waals surface area contributed by atoms with Crippen LogP contribution in [-0.4, -0.2) is 32.4 Å². The van der Waals surface area contributed by atoms with E-state index in [1.165, 1.54) is 12.1 Å². The summed E-state index contributed by atoms with van der Waals surface area (Å²) in [5.41, 5.74) is -0.0590. The quantitative estimate of drug-likeness (QED) is 0.852. The third-order valence-electron chi connectivity index (χ3n) is 2.52. The summed E-state index contributed by atoms with van der Waals surface area (Å²) in [5, 5.41) is 12.0. The summed E-state index contributed by atoms with van der Waals surface area (Å²) in [6.07, 6.45) is -0.0569. The zero-order chi connectivity index (χ0) is 12.1. The molecule has 90 valence electrons. The van der Waals surface area contributed by atoms with Crippen molar-refractivity contribution < 1.29 is 13.9 Å². The number of halogens is 1. The van der Waals surface area contributed by atoms with Crippen molar-refractivity contribution in [2.24, 2.45) is 0 Å². The van der Waals surface area contributed by atoms with Crippen molar-refractivity contribution in [1.82, 2.24) is 5.32 Å². The summed E-state index contributed by atoms with van der Waals surface area (Å²) in [5.74, 6) is -0.297. The van der Waals surface area contributed by atoms with Crippen LogP contribution in [0.2, 0.25) is 0 Å². The Kier molecular flexibility index (Phi) is 3.91. The predicted molar refractivity (Wildman–Crippen MR) is 59.2 cm³/mol. The monoisotopic (exact) mass is 236 g/mol. The molecular formula is C12H13FN2O2. The van der Waals surface area contributed by atoms with Gasteiger partial charge in [0.2, 0.25) is 0 Å². The lowest BCUT2D eigenvalue weighted by molar-refractivity contribution is 0.0000777. The molecule has 5 heteroatoms. The van der Waals surface area contributed by atoms with Crippen LogP contribution in [0, 0.1) is 17.1 Å². The molecule has 1 saturated heterocycles. The van der Waals surface area contributed by atoms with Crippen LogP contribution in [0.3, 0.4) is 0 Å². The standard InChI is InChI=1S/C12H13FN2O2/c13-11-2-1-3-12(10(11)6-14)17-8-9-7-15-4-5-16-9/h1-3,9,15H,4-5,7-8H2. The van der Waals surface area contributed by atoms with Crippen LogP contribution in [-0.2, 0) is 4.74 Å². The molecule has 0 bridgehead atoms. The second-order valence-electron chi connectivity index (χ2n) is 3.73. The Balaban J connectivity index is 1.99. The number of hydrogen-bond donors (Lipinski definition) is 1. The zero-order valence-electron chi connectivity index (χ0n) is 9.28. The summed E-state index contributed by atoms with van der Waals surface area (Å²) in [6, 6.07) is 6.14. The number of morpholine rings is 1. The fourth-order valence-corrected chi connectivity index (χ4v) is 1.64. The molecule has 1 unspecified atom stereocenters. The molecule has 1 aromatic rings. The van der Waals surface area contributed by atoms with E-state index in [4.69, 9.17) is 14.7 Å². The summed E-state index contributed by atoms with van der Waals surface area (Å²) in [6.45, 7) is 2.49. The van der Waals surface area contributed by atoms with Gasteiger partial charge in [0.05, 0.1) is 6.61 Å². The minimum absolute atomic E-state index is 0.0569. The van der Waals surface area contributed by atoms with Crippen molar-refractivity contribution in [2.75, 3.05) is 26.3 Å². The Morgan fingerprint density at radius 1 is 1.59 bits per heavy atom. The molecular weight excluding hydrogens is 223 g/mol. The van der Waals surface area contributed by atoms with Gasteiger partial charge >= 0.3 is 0 Å². The Hall–Kier alpha value is -1.64. The molecule has 0 spiro atoms. The maximum atomic E-state index is 13.3. The summed E-state index contributed by atoms with van der Waals surface area (Å²) in [7, 11) is 0. The van der Waals surface area contributed by atoms with Crippen molar-refractivity contribution in [1.29, 1.82) is 5.26 Å². The van der Waals surface area contributed by atoms with Crippen molar-refractivity contribution in [3.63, 3.8) is 0 Å². The molecule has 0 aromatic heterocycles. The molecule has 17 heavy (non-hydrogen) atoms. The minimum atomic E-state index is -0.562. The van der Waals surface area contributed by atoms with E-state index in [-0.39, 0.29) is 17.4 Å². The van der Waals surface area contributed by atoms with Gasteiger partial charge in [0.25, 0.3) is 0 Å². The van der Waals surface area contributed by atoms with Gasteiger partial charge in [-0.25, -0.2) is 4.39 Å². The maximum Gasteiger partial charge on any atom is 0.144 e. The van der Waals surface area contributed by atoms with Gasteiger partial charge in [-0.15, -0.1) is 0 Å². The highest BCUT2D eigenvalue weighted by Gasteiger charge is 2.15. The van der Waals surface area contributed by atoms with Crippen LogP contribution in [0.4, 0.5) is 4.39 Å². The van der Waals surface area contributed by atoms with Crippen molar-refractivity contribution in [3.05, 3.63) is 29.6 Å². The number of rotatable bonds is 3. The molecule has 1 aromatic carbocycles. The molecule has 1 atom stereocenters. The van der Waals surface area contributed by atoms with Gasteiger partial charge in [-0.2, -0.15) is 5.26 Å². The number of nitrogens with zero attached hydrogens (tertiary/aromatic N) is 1. The minimum Gasteiger partial charge on any atom is -0.489 e. The Morgan fingerprint density at radius 2 is 2.47 bits per heavy atom. The fraction of sp³-hybridized carbons (Fsp3) is 0.417. The maximum absolute atomic E-state index is 13.3. The van der Waals surface area contributed by atoms with Gasteiger partial charge in [0, 0.05) is 13.1 Å². The molecule has 0 radical (unpaired) electrons. The van der Waals surface area contributed by atoms with E-state index < -0.39 is 5.82 Å². The lowest BCUT2D eigenvalue weighted by atomic mass is 10.2. The first-order chi connectivity index (χ1) is 8.31. The van der Waals surface area contributed by atoms with Gasteiger partial charge in [-0.3, -0.25) is 0 Å². The van der Waals surface area contributed by atoms with Crippen molar-refractivity contribution >= 4 is 0 Å². The van der Waals surface area contributed by atoms with Crippen molar-refractivity contribution in [2.45, 2.75) is 6.10 Å². The second-order valence-corrected chi connectivity index (χ2v) is 3.73. The van der Waals surface area contributed by atoms with Gasteiger partial charge in [0.1, 0.15) is 35.9 Å². The zero-order valence-corrected chi connectivity index (χ0v) is 9.28. The van der Waals surface area contributed by atoms with Crippen LogP contribution in [0.1, 0.15) is 5.56 Å². The van der Waals surface area contributed by atoms with E-state index in [0.29, 0.717) is 19.8 Å². The molecule has 0 amide bonds. The summed E-state index contributed by atoms with van der Waals surface area (Å²) >= 11 is 0. The first-order valence-corrected chi connectivity index (χ1v) is 5.45. The highest BCUT2D eigenvalue weighted by Crippen LogP contribution is 2.20. The van der Waals surface area contributed by atoms with E-state index in [1.807, 2.05) is 0 Å². The molecule has 1 aliphatic heterocycles. The third-order valence-corrected chi connectivity index (χ3v) is 2.52. The molecule has 1 aliphatic rings. The van der Waals surface area contributed by atoms with Gasteiger partial charge in [0.15, 0.2) is 0 Å². The average molecular weight is 236 g/mol. The molecule has 0 aliphatic carbocycles. The third kappa shape index (κ3) is 2.93. The highest BCUT2D eigenvalue weighted by atomic mass is 19.1. The fourth-order valence-electron chi connectivity index (χ4n) is 1.64. The van der Waals surface area contributed by atoms with Gasteiger partial charge in [-0.05, 0) is 12.1 Å². The van der Waals surface area contributed by atoms with E-state index >= 15 is 0 Å². The number of nitriles is 1. The normalized spacial score (nSPS) is 19.6. The predicted octanol–water partition coefficient (Wildman–Crippen LogP) is 1.06. The first-order valence-electron chi connectivity index (χ1n) is 5.45. The average Bonchev–Trinajstić information content (AvgIpc) is 2.37. The smallest absolute Gasteiger partial charge is 0.144 e. The number of benzene rings is 1. The van der Waals surface area contributed by atoms with Crippen LogP contribution >= 0.6 is 0 Å². The van der Waals surface area contributed by atoms with E-state index in [9.17, 15) is 4.39 Å². The SMILES string of the molecule is N#Cc1c(F)cccc1OCC1CNCCO1. The van der Waals surface area contributed by atoms with E-state index in [1.54, 1.807) is 12.1 Å². The van der Waals surface area contributed by atoms with Gasteiger partial charge < -0.3 is 14.8 Å². The Labute approximate surface area is 99.0 Å². The Bertz CT molecular complexity index is 425.